The Balaban J connectivity index is 1.37. The van der Waals surface area contributed by atoms with Crippen LogP contribution in [0.15, 0.2) is 36.4 Å². The highest BCUT2D eigenvalue weighted by atomic mass is 16.7. The van der Waals surface area contributed by atoms with Crippen LogP contribution in [0, 0.1) is 16.0 Å². The van der Waals surface area contributed by atoms with Crippen LogP contribution < -0.4 is 19.5 Å². The second-order valence-corrected chi connectivity index (χ2v) is 6.61. The largest absolute Gasteiger partial charge is 0.494 e. The number of benzene rings is 2. The first-order valence-electron chi connectivity index (χ1n) is 8.78. The molecule has 0 saturated carbocycles. The van der Waals surface area contributed by atoms with Crippen molar-refractivity contribution < 1.29 is 28.7 Å². The lowest BCUT2D eigenvalue weighted by molar-refractivity contribution is -0.384. The number of likely N-dealkylation sites (tertiary alicyclic amines) is 1. The van der Waals surface area contributed by atoms with Gasteiger partial charge in [-0.15, -0.1) is 0 Å². The molecule has 1 N–H and O–H groups in total. The number of anilines is 1. The van der Waals surface area contributed by atoms with Gasteiger partial charge in [0.2, 0.25) is 12.7 Å². The van der Waals surface area contributed by atoms with Crippen LogP contribution in [-0.4, -0.2) is 48.6 Å². The molecule has 0 radical (unpaired) electrons. The molecule has 1 saturated heterocycles. The second-order valence-electron chi connectivity index (χ2n) is 6.61. The SMILES string of the molecule is COc1cc([N+](=O)[O-])ccc1NC(=O)C1CN(C(=O)c2ccc3c(c2)OCO3)C1. The summed E-state index contributed by atoms with van der Waals surface area (Å²) < 4.78 is 15.6. The van der Waals surface area contributed by atoms with Gasteiger partial charge in [-0.25, -0.2) is 0 Å². The van der Waals surface area contributed by atoms with Crippen LogP contribution in [0.3, 0.4) is 0 Å². The summed E-state index contributed by atoms with van der Waals surface area (Å²) in [5, 5.41) is 13.6. The standard InChI is InChI=1S/C19H17N3O7/c1-27-16-7-13(22(25)26)3-4-14(16)20-18(23)12-8-21(9-12)19(24)11-2-5-15-17(6-11)29-10-28-15/h2-7,12H,8-10H2,1H3,(H,20,23). The molecule has 10 nitrogen and oxygen atoms in total. The number of nitro groups is 1. The fraction of sp³-hybridized carbons (Fsp3) is 0.263. The molecule has 0 atom stereocenters. The minimum absolute atomic E-state index is 0.130. The molecule has 0 spiro atoms. The maximum atomic E-state index is 12.6. The molecule has 0 aliphatic carbocycles. The predicted molar refractivity (Wildman–Crippen MR) is 100 cm³/mol. The molecule has 2 aliphatic rings. The molecule has 2 aromatic carbocycles. The number of ether oxygens (including phenoxy) is 3. The van der Waals surface area contributed by atoms with Gasteiger partial charge in [0, 0.05) is 24.7 Å². The van der Waals surface area contributed by atoms with Gasteiger partial charge < -0.3 is 24.4 Å². The monoisotopic (exact) mass is 399 g/mol. The molecule has 0 unspecified atom stereocenters. The number of nitro benzene ring substituents is 1. The van der Waals surface area contributed by atoms with E-state index in [2.05, 4.69) is 5.32 Å². The van der Waals surface area contributed by atoms with Gasteiger partial charge in [-0.1, -0.05) is 0 Å². The van der Waals surface area contributed by atoms with Gasteiger partial charge in [0.15, 0.2) is 11.5 Å². The maximum absolute atomic E-state index is 12.6. The number of carbonyl (C=O) groups is 2. The average molecular weight is 399 g/mol. The van der Waals surface area contributed by atoms with Crippen molar-refractivity contribution in [3.63, 3.8) is 0 Å². The predicted octanol–water partition coefficient (Wildman–Crippen LogP) is 2.04. The van der Waals surface area contributed by atoms with Gasteiger partial charge in [0.25, 0.3) is 11.6 Å². The molecule has 29 heavy (non-hydrogen) atoms. The Hall–Kier alpha value is -3.82. The lowest BCUT2D eigenvalue weighted by atomic mass is 9.97. The van der Waals surface area contributed by atoms with Crippen LogP contribution in [-0.2, 0) is 4.79 Å². The first kappa shape index (κ1) is 18.5. The molecule has 1 fully saturated rings. The zero-order valence-corrected chi connectivity index (χ0v) is 15.4. The Morgan fingerprint density at radius 1 is 1.17 bits per heavy atom. The third kappa shape index (κ3) is 3.51. The molecule has 0 aromatic heterocycles. The van der Waals surface area contributed by atoms with E-state index in [1.165, 1.54) is 25.3 Å². The van der Waals surface area contributed by atoms with Gasteiger partial charge in [0.05, 0.1) is 29.7 Å². The van der Waals surface area contributed by atoms with Crippen molar-refractivity contribution in [2.24, 2.45) is 5.92 Å². The van der Waals surface area contributed by atoms with Crippen molar-refractivity contribution in [1.82, 2.24) is 4.90 Å². The molecular formula is C19H17N3O7. The van der Waals surface area contributed by atoms with Crippen LogP contribution in [0.25, 0.3) is 0 Å². The Morgan fingerprint density at radius 2 is 1.93 bits per heavy atom. The number of rotatable bonds is 5. The molecule has 4 rings (SSSR count). The number of hydrogen-bond donors (Lipinski definition) is 1. The number of amides is 2. The normalized spacial score (nSPS) is 14.9. The summed E-state index contributed by atoms with van der Waals surface area (Å²) in [6, 6.07) is 8.91. The van der Waals surface area contributed by atoms with Crippen LogP contribution in [0.4, 0.5) is 11.4 Å². The Kier molecular flexibility index (Phi) is 4.67. The fourth-order valence-electron chi connectivity index (χ4n) is 3.15. The number of hydrogen-bond acceptors (Lipinski definition) is 7. The Bertz CT molecular complexity index is 1000. The van der Waals surface area contributed by atoms with Crippen LogP contribution in [0.1, 0.15) is 10.4 Å². The third-order valence-corrected chi connectivity index (χ3v) is 4.81. The number of methoxy groups -OCH3 is 1. The topological polar surface area (TPSA) is 120 Å². The quantitative estimate of drug-likeness (QED) is 0.603. The van der Waals surface area contributed by atoms with Crippen LogP contribution in [0.5, 0.6) is 17.2 Å². The fourth-order valence-corrected chi connectivity index (χ4v) is 3.15. The Morgan fingerprint density at radius 3 is 2.66 bits per heavy atom. The van der Waals surface area contributed by atoms with E-state index in [-0.39, 0.29) is 49.1 Å². The van der Waals surface area contributed by atoms with Crippen molar-refractivity contribution >= 4 is 23.2 Å². The molecule has 10 heteroatoms. The summed E-state index contributed by atoms with van der Waals surface area (Å²) in [6.45, 7) is 0.674. The zero-order valence-electron chi connectivity index (χ0n) is 15.4. The number of nitrogens with zero attached hydrogens (tertiary/aromatic N) is 2. The van der Waals surface area contributed by atoms with E-state index in [1.807, 2.05) is 0 Å². The lowest BCUT2D eigenvalue weighted by Crippen LogP contribution is -2.54. The van der Waals surface area contributed by atoms with Crippen molar-refractivity contribution in [3.05, 3.63) is 52.1 Å². The van der Waals surface area contributed by atoms with Gasteiger partial charge in [-0.3, -0.25) is 19.7 Å². The van der Waals surface area contributed by atoms with Gasteiger partial charge in [0.1, 0.15) is 5.75 Å². The summed E-state index contributed by atoms with van der Waals surface area (Å²) in [5.74, 6) is 0.454. The molecule has 2 heterocycles. The minimum Gasteiger partial charge on any atom is -0.494 e. The summed E-state index contributed by atoms with van der Waals surface area (Å²) in [5.41, 5.74) is 0.665. The molecule has 2 aromatic rings. The average Bonchev–Trinajstić information content (AvgIpc) is 3.14. The highest BCUT2D eigenvalue weighted by molar-refractivity contribution is 5.99. The van der Waals surface area contributed by atoms with E-state index in [0.29, 0.717) is 22.7 Å². The van der Waals surface area contributed by atoms with Gasteiger partial charge in [-0.05, 0) is 24.3 Å². The van der Waals surface area contributed by atoms with E-state index in [9.17, 15) is 19.7 Å². The third-order valence-electron chi connectivity index (χ3n) is 4.81. The van der Waals surface area contributed by atoms with Crippen molar-refractivity contribution in [2.45, 2.75) is 0 Å². The molecule has 0 bridgehead atoms. The highest BCUT2D eigenvalue weighted by Gasteiger charge is 2.36. The number of fused-ring (bicyclic) bond motifs is 1. The maximum Gasteiger partial charge on any atom is 0.273 e. The smallest absolute Gasteiger partial charge is 0.273 e. The zero-order chi connectivity index (χ0) is 20.5. The first-order valence-corrected chi connectivity index (χ1v) is 8.78. The highest BCUT2D eigenvalue weighted by Crippen LogP contribution is 2.34. The van der Waals surface area contributed by atoms with E-state index in [0.717, 1.165) is 0 Å². The number of carbonyl (C=O) groups excluding carboxylic acids is 2. The van der Waals surface area contributed by atoms with Crippen LogP contribution in [0.2, 0.25) is 0 Å². The number of non-ortho nitro benzene ring substituents is 1. The second kappa shape index (κ2) is 7.30. The lowest BCUT2D eigenvalue weighted by Gasteiger charge is -2.38. The molecule has 2 aliphatic heterocycles. The van der Waals surface area contributed by atoms with Gasteiger partial charge >= 0.3 is 0 Å². The minimum atomic E-state index is -0.542. The van der Waals surface area contributed by atoms with Crippen molar-refractivity contribution in [1.29, 1.82) is 0 Å². The van der Waals surface area contributed by atoms with Crippen molar-refractivity contribution in [2.75, 3.05) is 32.3 Å². The molecule has 150 valence electrons. The van der Waals surface area contributed by atoms with Gasteiger partial charge in [-0.2, -0.15) is 0 Å². The first-order chi connectivity index (χ1) is 14.0. The summed E-state index contributed by atoms with van der Waals surface area (Å²) in [4.78, 5) is 36.9. The van der Waals surface area contributed by atoms with Crippen LogP contribution >= 0.6 is 0 Å². The van der Waals surface area contributed by atoms with E-state index < -0.39 is 4.92 Å². The molecule has 2 amide bonds. The number of nitrogens with one attached hydrogen (secondary N) is 1. The summed E-state index contributed by atoms with van der Waals surface area (Å²) in [7, 11) is 1.36. The summed E-state index contributed by atoms with van der Waals surface area (Å²) in [6.07, 6.45) is 0. The van der Waals surface area contributed by atoms with E-state index in [4.69, 9.17) is 14.2 Å². The van der Waals surface area contributed by atoms with E-state index >= 15 is 0 Å². The van der Waals surface area contributed by atoms with E-state index in [1.54, 1.807) is 23.1 Å². The Labute approximate surface area is 165 Å². The summed E-state index contributed by atoms with van der Waals surface area (Å²) >= 11 is 0. The van der Waals surface area contributed by atoms with Crippen molar-refractivity contribution in [3.8, 4) is 17.2 Å². The molecular weight excluding hydrogens is 382 g/mol.